The number of benzene rings is 1. The lowest BCUT2D eigenvalue weighted by Gasteiger charge is -2.16. The number of nitrogens with zero attached hydrogens (tertiary/aromatic N) is 1. The SMILES string of the molecule is COCC(N)C(=O)Nc1ccccc1C(=O)N(C)C.Cl. The Bertz CT molecular complexity index is 466. The fourth-order valence-electron chi connectivity index (χ4n) is 1.50. The average Bonchev–Trinajstić information content (AvgIpc) is 2.38. The summed E-state index contributed by atoms with van der Waals surface area (Å²) in [5.74, 6) is -0.572. The summed E-state index contributed by atoms with van der Waals surface area (Å²) in [6, 6.07) is 6.02. The van der Waals surface area contributed by atoms with Gasteiger partial charge in [0.15, 0.2) is 0 Å². The van der Waals surface area contributed by atoms with Crippen molar-refractivity contribution in [3.63, 3.8) is 0 Å². The largest absolute Gasteiger partial charge is 0.383 e. The van der Waals surface area contributed by atoms with Gasteiger partial charge in [-0.3, -0.25) is 9.59 Å². The van der Waals surface area contributed by atoms with Crippen LogP contribution in [-0.2, 0) is 9.53 Å². The lowest BCUT2D eigenvalue weighted by atomic mass is 10.1. The molecular weight excluding hydrogens is 282 g/mol. The summed E-state index contributed by atoms with van der Waals surface area (Å²) >= 11 is 0. The minimum absolute atomic E-state index is 0. The molecule has 112 valence electrons. The monoisotopic (exact) mass is 301 g/mol. The van der Waals surface area contributed by atoms with Crippen LogP contribution >= 0.6 is 12.4 Å². The molecule has 1 rings (SSSR count). The van der Waals surface area contributed by atoms with E-state index in [-0.39, 0.29) is 30.8 Å². The second kappa shape index (κ2) is 8.52. The van der Waals surface area contributed by atoms with E-state index in [1.807, 2.05) is 0 Å². The fraction of sp³-hybridized carbons (Fsp3) is 0.385. The molecule has 2 amide bonds. The molecule has 1 aromatic carbocycles. The van der Waals surface area contributed by atoms with Crippen molar-refractivity contribution in [3.8, 4) is 0 Å². The molecule has 3 N–H and O–H groups in total. The van der Waals surface area contributed by atoms with Crippen molar-refractivity contribution in [1.29, 1.82) is 0 Å². The van der Waals surface area contributed by atoms with Crippen LogP contribution in [0.1, 0.15) is 10.4 Å². The van der Waals surface area contributed by atoms with Gasteiger partial charge in [0.1, 0.15) is 6.04 Å². The van der Waals surface area contributed by atoms with E-state index in [0.29, 0.717) is 11.3 Å². The van der Waals surface area contributed by atoms with Crippen LogP contribution < -0.4 is 11.1 Å². The number of nitrogens with two attached hydrogens (primary N) is 1. The van der Waals surface area contributed by atoms with Crippen molar-refractivity contribution >= 4 is 29.9 Å². The molecular formula is C13H20ClN3O3. The molecule has 0 radical (unpaired) electrons. The molecule has 0 heterocycles. The predicted molar refractivity (Wildman–Crippen MR) is 80.2 cm³/mol. The van der Waals surface area contributed by atoms with E-state index < -0.39 is 6.04 Å². The Morgan fingerprint density at radius 3 is 2.50 bits per heavy atom. The number of carbonyl (C=O) groups excluding carboxylic acids is 2. The zero-order chi connectivity index (χ0) is 14.4. The van der Waals surface area contributed by atoms with Crippen molar-refractivity contribution in [2.45, 2.75) is 6.04 Å². The van der Waals surface area contributed by atoms with Gasteiger partial charge < -0.3 is 20.7 Å². The van der Waals surface area contributed by atoms with Gasteiger partial charge in [0.05, 0.1) is 17.9 Å². The number of anilines is 1. The van der Waals surface area contributed by atoms with E-state index >= 15 is 0 Å². The number of para-hydroxylation sites is 1. The Balaban J connectivity index is 0.00000361. The standard InChI is InChI=1S/C13H19N3O3.ClH/c1-16(2)13(18)9-6-4-5-7-11(9)15-12(17)10(14)8-19-3;/h4-7,10H,8,14H2,1-3H3,(H,15,17);1H. The van der Waals surface area contributed by atoms with Crippen LogP contribution in [0.15, 0.2) is 24.3 Å². The van der Waals surface area contributed by atoms with Crippen molar-refractivity contribution in [3.05, 3.63) is 29.8 Å². The third-order valence-electron chi connectivity index (χ3n) is 2.50. The molecule has 0 aliphatic rings. The van der Waals surface area contributed by atoms with Gasteiger partial charge in [-0.1, -0.05) is 12.1 Å². The molecule has 1 unspecified atom stereocenters. The summed E-state index contributed by atoms with van der Waals surface area (Å²) in [5.41, 5.74) is 6.49. The van der Waals surface area contributed by atoms with Gasteiger partial charge in [-0.15, -0.1) is 12.4 Å². The molecule has 0 saturated carbocycles. The van der Waals surface area contributed by atoms with E-state index in [4.69, 9.17) is 10.5 Å². The maximum absolute atomic E-state index is 12.0. The van der Waals surface area contributed by atoms with Gasteiger partial charge in [-0.25, -0.2) is 0 Å². The van der Waals surface area contributed by atoms with Crippen LogP contribution in [0.4, 0.5) is 5.69 Å². The zero-order valence-electron chi connectivity index (χ0n) is 11.8. The quantitative estimate of drug-likeness (QED) is 0.839. The number of halogens is 1. The number of carbonyl (C=O) groups is 2. The van der Waals surface area contributed by atoms with E-state index in [1.54, 1.807) is 38.4 Å². The first-order chi connectivity index (χ1) is 8.97. The number of nitrogens with one attached hydrogen (secondary N) is 1. The fourth-order valence-corrected chi connectivity index (χ4v) is 1.50. The summed E-state index contributed by atoms with van der Waals surface area (Å²) in [7, 11) is 4.77. The lowest BCUT2D eigenvalue weighted by molar-refractivity contribution is -0.118. The summed E-state index contributed by atoms with van der Waals surface area (Å²) in [4.78, 5) is 25.2. The van der Waals surface area contributed by atoms with Gasteiger partial charge in [0.2, 0.25) is 5.91 Å². The van der Waals surface area contributed by atoms with Crippen LogP contribution in [-0.4, -0.2) is 50.6 Å². The first-order valence-electron chi connectivity index (χ1n) is 5.83. The number of methoxy groups -OCH3 is 1. The molecule has 0 aliphatic carbocycles. The van der Waals surface area contributed by atoms with E-state index in [0.717, 1.165) is 0 Å². The van der Waals surface area contributed by atoms with Crippen molar-refractivity contribution in [2.75, 3.05) is 33.1 Å². The maximum atomic E-state index is 12.0. The number of hydrogen-bond acceptors (Lipinski definition) is 4. The second-order valence-corrected chi connectivity index (χ2v) is 4.30. The lowest BCUT2D eigenvalue weighted by Crippen LogP contribution is -2.39. The molecule has 0 aliphatic heterocycles. The van der Waals surface area contributed by atoms with Gasteiger partial charge in [-0.05, 0) is 12.1 Å². The molecule has 0 fully saturated rings. The highest BCUT2D eigenvalue weighted by molar-refractivity contribution is 6.04. The van der Waals surface area contributed by atoms with Crippen molar-refractivity contribution in [2.24, 2.45) is 5.73 Å². The van der Waals surface area contributed by atoms with Crippen LogP contribution in [0.5, 0.6) is 0 Å². The molecule has 0 spiro atoms. The van der Waals surface area contributed by atoms with Crippen LogP contribution in [0, 0.1) is 0 Å². The average molecular weight is 302 g/mol. The van der Waals surface area contributed by atoms with Crippen LogP contribution in [0.2, 0.25) is 0 Å². The first-order valence-corrected chi connectivity index (χ1v) is 5.83. The summed E-state index contributed by atoms with van der Waals surface area (Å²) in [5, 5.41) is 2.64. The van der Waals surface area contributed by atoms with E-state index in [9.17, 15) is 9.59 Å². The smallest absolute Gasteiger partial charge is 0.255 e. The number of hydrogen-bond donors (Lipinski definition) is 2. The Hall–Kier alpha value is -1.63. The molecule has 1 aromatic rings. The Labute approximate surface area is 124 Å². The third-order valence-corrected chi connectivity index (χ3v) is 2.50. The predicted octanol–water partition coefficient (Wildman–Crippen LogP) is 0.722. The minimum atomic E-state index is -0.771. The van der Waals surface area contributed by atoms with Gasteiger partial charge >= 0.3 is 0 Å². The topological polar surface area (TPSA) is 84.7 Å². The molecule has 0 bridgehead atoms. The molecule has 6 nitrogen and oxygen atoms in total. The maximum Gasteiger partial charge on any atom is 0.255 e. The zero-order valence-corrected chi connectivity index (χ0v) is 12.6. The number of amides is 2. The van der Waals surface area contributed by atoms with E-state index in [1.165, 1.54) is 12.0 Å². The number of ether oxygens (including phenoxy) is 1. The minimum Gasteiger partial charge on any atom is -0.383 e. The van der Waals surface area contributed by atoms with Crippen molar-refractivity contribution < 1.29 is 14.3 Å². The Morgan fingerprint density at radius 1 is 1.35 bits per heavy atom. The van der Waals surface area contributed by atoms with E-state index in [2.05, 4.69) is 5.32 Å². The first kappa shape index (κ1) is 18.4. The van der Waals surface area contributed by atoms with Crippen LogP contribution in [0.3, 0.4) is 0 Å². The second-order valence-electron chi connectivity index (χ2n) is 4.30. The molecule has 1 atom stereocenters. The van der Waals surface area contributed by atoms with Gasteiger partial charge in [0.25, 0.3) is 5.91 Å². The number of rotatable bonds is 5. The summed E-state index contributed by atoms with van der Waals surface area (Å²) in [6.07, 6.45) is 0. The highest BCUT2D eigenvalue weighted by atomic mass is 35.5. The van der Waals surface area contributed by atoms with Crippen LogP contribution in [0.25, 0.3) is 0 Å². The Morgan fingerprint density at radius 2 is 1.95 bits per heavy atom. The third kappa shape index (κ3) is 4.80. The molecule has 0 saturated heterocycles. The van der Waals surface area contributed by atoms with Crippen molar-refractivity contribution in [1.82, 2.24) is 4.90 Å². The molecule has 0 aromatic heterocycles. The molecule has 7 heteroatoms. The highest BCUT2D eigenvalue weighted by Crippen LogP contribution is 2.16. The summed E-state index contributed by atoms with van der Waals surface area (Å²) < 4.78 is 4.82. The Kier molecular flexibility index (Phi) is 7.83. The summed E-state index contributed by atoms with van der Waals surface area (Å²) in [6.45, 7) is 0.121. The highest BCUT2D eigenvalue weighted by Gasteiger charge is 2.17. The van der Waals surface area contributed by atoms with Gasteiger partial charge in [0, 0.05) is 21.2 Å². The normalized spacial score (nSPS) is 11.2. The van der Waals surface area contributed by atoms with Gasteiger partial charge in [-0.2, -0.15) is 0 Å². The molecule has 20 heavy (non-hydrogen) atoms.